The van der Waals surface area contributed by atoms with Gasteiger partial charge in [0.15, 0.2) is 0 Å². The van der Waals surface area contributed by atoms with E-state index in [0.29, 0.717) is 25.4 Å². The first-order chi connectivity index (χ1) is 11.9. The molecule has 1 aliphatic heterocycles. The van der Waals surface area contributed by atoms with Gasteiger partial charge in [-0.1, -0.05) is 0 Å². The molecule has 1 saturated heterocycles. The Morgan fingerprint density at radius 1 is 1.36 bits per heavy atom. The van der Waals surface area contributed by atoms with Crippen LogP contribution in [0.2, 0.25) is 0 Å². The first-order valence-electron chi connectivity index (χ1n) is 8.60. The fourth-order valence-electron chi connectivity index (χ4n) is 3.53. The van der Waals surface area contributed by atoms with E-state index in [1.54, 1.807) is 18.9 Å². The molecule has 8 nitrogen and oxygen atoms in total. The van der Waals surface area contributed by atoms with Gasteiger partial charge in [0.1, 0.15) is 0 Å². The van der Waals surface area contributed by atoms with Crippen LogP contribution in [-0.4, -0.2) is 59.3 Å². The van der Waals surface area contributed by atoms with Gasteiger partial charge in [-0.25, -0.2) is 4.79 Å². The summed E-state index contributed by atoms with van der Waals surface area (Å²) in [6.45, 7) is 3.36. The number of H-pyrrole nitrogens is 2. The minimum absolute atomic E-state index is 0.0265. The Labute approximate surface area is 146 Å². The van der Waals surface area contributed by atoms with Gasteiger partial charge in [-0.15, -0.1) is 0 Å². The molecule has 0 saturated carbocycles. The zero-order chi connectivity index (χ0) is 18.4. The molecule has 0 bridgehead atoms. The average molecular weight is 353 g/mol. The smallest absolute Gasteiger partial charge is 0.325 e. The van der Waals surface area contributed by atoms with Crippen molar-refractivity contribution in [2.45, 2.75) is 39.0 Å². The van der Waals surface area contributed by atoms with Crippen LogP contribution in [0.1, 0.15) is 36.9 Å². The van der Waals surface area contributed by atoms with Crippen LogP contribution in [0.5, 0.6) is 0 Å². The molecule has 3 N–H and O–H groups in total. The maximum absolute atomic E-state index is 12.7. The number of nitrogens with zero attached hydrogens (tertiary/aromatic N) is 1. The molecule has 0 unspecified atom stereocenters. The Hall–Kier alpha value is -1.93. The van der Waals surface area contributed by atoms with Crippen molar-refractivity contribution in [2.75, 3.05) is 33.4 Å². The molecule has 8 heteroatoms. The highest BCUT2D eigenvalue weighted by Crippen LogP contribution is 2.34. The van der Waals surface area contributed by atoms with E-state index in [-0.39, 0.29) is 29.9 Å². The zero-order valence-electron chi connectivity index (χ0n) is 14.9. The third-order valence-electron chi connectivity index (χ3n) is 4.99. The summed E-state index contributed by atoms with van der Waals surface area (Å²) in [6, 6.07) is 0. The number of aromatic amines is 2. The molecule has 1 aliphatic rings. The maximum atomic E-state index is 12.7. The predicted octanol–water partition coefficient (Wildman–Crippen LogP) is -0.0582. The number of rotatable bonds is 7. The number of methoxy groups -OCH3 is 1. The van der Waals surface area contributed by atoms with Crippen molar-refractivity contribution in [1.82, 2.24) is 14.9 Å². The number of carbonyl (C=O) groups excluding carboxylic acids is 1. The SMILES string of the molecule is COCCC[C@@]1(CO)CCCN(C(=O)Cc2c(C)[nH]c(=O)[nH]c2=O)C1. The highest BCUT2D eigenvalue weighted by atomic mass is 16.5. The van der Waals surface area contributed by atoms with E-state index < -0.39 is 11.2 Å². The van der Waals surface area contributed by atoms with Gasteiger partial charge >= 0.3 is 5.69 Å². The Morgan fingerprint density at radius 3 is 2.76 bits per heavy atom. The summed E-state index contributed by atoms with van der Waals surface area (Å²) >= 11 is 0. The standard InChI is InChI=1S/C17H27N3O5/c1-12-13(15(23)19-16(24)18-12)9-14(22)20-7-3-5-17(10-20,11-21)6-4-8-25-2/h21H,3-11H2,1-2H3,(H2,18,19,23,24)/t17-/m0/s1. The number of amides is 1. The van der Waals surface area contributed by atoms with Crippen LogP contribution in [0.3, 0.4) is 0 Å². The molecule has 1 aromatic rings. The summed E-state index contributed by atoms with van der Waals surface area (Å²) in [4.78, 5) is 42.2. The number of ether oxygens (including phenoxy) is 1. The highest BCUT2D eigenvalue weighted by Gasteiger charge is 2.36. The molecule has 1 fully saturated rings. The Bertz CT molecular complexity index is 711. The molecule has 1 amide bonds. The van der Waals surface area contributed by atoms with Crippen molar-refractivity contribution in [2.24, 2.45) is 5.41 Å². The van der Waals surface area contributed by atoms with Crippen LogP contribution in [0.15, 0.2) is 9.59 Å². The number of nitrogens with one attached hydrogen (secondary N) is 2. The number of hydrogen-bond acceptors (Lipinski definition) is 5. The predicted molar refractivity (Wildman–Crippen MR) is 92.6 cm³/mol. The minimum atomic E-state index is -0.575. The summed E-state index contributed by atoms with van der Waals surface area (Å²) in [5.74, 6) is -0.162. The van der Waals surface area contributed by atoms with Gasteiger partial charge in [-0.05, 0) is 32.6 Å². The molecule has 0 spiro atoms. The number of likely N-dealkylation sites (tertiary alicyclic amines) is 1. The van der Waals surface area contributed by atoms with Gasteiger partial charge < -0.3 is 19.7 Å². The number of aliphatic hydroxyl groups is 1. The van der Waals surface area contributed by atoms with E-state index >= 15 is 0 Å². The third kappa shape index (κ3) is 4.79. The second-order valence-corrected chi connectivity index (χ2v) is 6.86. The summed E-state index contributed by atoms with van der Waals surface area (Å²) in [6.07, 6.45) is 3.25. The number of piperidine rings is 1. The van der Waals surface area contributed by atoms with Gasteiger partial charge in [0.05, 0.1) is 13.0 Å². The Morgan fingerprint density at radius 2 is 2.12 bits per heavy atom. The van der Waals surface area contributed by atoms with Gasteiger partial charge in [0.2, 0.25) is 5.91 Å². The van der Waals surface area contributed by atoms with E-state index in [4.69, 9.17) is 4.74 Å². The quantitative estimate of drug-likeness (QED) is 0.594. The van der Waals surface area contributed by atoms with Crippen molar-refractivity contribution in [3.05, 3.63) is 32.1 Å². The van der Waals surface area contributed by atoms with Crippen molar-refractivity contribution >= 4 is 5.91 Å². The topological polar surface area (TPSA) is 115 Å². The normalized spacial score (nSPS) is 20.7. The number of carbonyl (C=O) groups is 1. The molecular weight excluding hydrogens is 326 g/mol. The molecule has 0 aromatic carbocycles. The molecule has 140 valence electrons. The fourth-order valence-corrected chi connectivity index (χ4v) is 3.53. The molecule has 1 aromatic heterocycles. The maximum Gasteiger partial charge on any atom is 0.325 e. The Kier molecular flexibility index (Phi) is 6.55. The summed E-state index contributed by atoms with van der Waals surface area (Å²) < 4.78 is 5.08. The number of aromatic nitrogens is 2. The van der Waals surface area contributed by atoms with Gasteiger partial charge in [-0.3, -0.25) is 14.6 Å². The lowest BCUT2D eigenvalue weighted by Crippen LogP contribution is -2.48. The van der Waals surface area contributed by atoms with Crippen LogP contribution >= 0.6 is 0 Å². The minimum Gasteiger partial charge on any atom is -0.396 e. The molecular formula is C17H27N3O5. The Balaban J connectivity index is 2.09. The molecule has 0 aliphatic carbocycles. The van der Waals surface area contributed by atoms with E-state index in [1.807, 2.05) is 0 Å². The molecule has 25 heavy (non-hydrogen) atoms. The number of hydrogen-bond donors (Lipinski definition) is 3. The first kappa shape index (κ1) is 19.4. The van der Waals surface area contributed by atoms with E-state index in [2.05, 4.69) is 9.97 Å². The van der Waals surface area contributed by atoms with Crippen LogP contribution in [0.25, 0.3) is 0 Å². The third-order valence-corrected chi connectivity index (χ3v) is 4.99. The van der Waals surface area contributed by atoms with Crippen molar-refractivity contribution in [3.63, 3.8) is 0 Å². The molecule has 0 radical (unpaired) electrons. The zero-order valence-corrected chi connectivity index (χ0v) is 14.9. The monoisotopic (exact) mass is 353 g/mol. The fraction of sp³-hybridized carbons (Fsp3) is 0.706. The second-order valence-electron chi connectivity index (χ2n) is 6.86. The van der Waals surface area contributed by atoms with Crippen molar-refractivity contribution < 1.29 is 14.6 Å². The second kappa shape index (κ2) is 8.44. The number of aliphatic hydroxyl groups excluding tert-OH is 1. The summed E-state index contributed by atoms with van der Waals surface area (Å²) in [5, 5.41) is 9.88. The highest BCUT2D eigenvalue weighted by molar-refractivity contribution is 5.79. The first-order valence-corrected chi connectivity index (χ1v) is 8.60. The number of aryl methyl sites for hydroxylation is 1. The molecule has 2 rings (SSSR count). The van der Waals surface area contributed by atoms with Crippen molar-refractivity contribution in [1.29, 1.82) is 0 Å². The van der Waals surface area contributed by atoms with Gasteiger partial charge in [-0.2, -0.15) is 0 Å². The molecule has 1 atom stereocenters. The summed E-state index contributed by atoms with van der Waals surface area (Å²) in [5.41, 5.74) is -0.718. The van der Waals surface area contributed by atoms with Gasteiger partial charge in [0, 0.05) is 43.5 Å². The van der Waals surface area contributed by atoms with Crippen molar-refractivity contribution in [3.8, 4) is 0 Å². The van der Waals surface area contributed by atoms with Crippen LogP contribution in [0, 0.1) is 12.3 Å². The molecule has 2 heterocycles. The van der Waals surface area contributed by atoms with Gasteiger partial charge in [0.25, 0.3) is 5.56 Å². The lowest BCUT2D eigenvalue weighted by molar-refractivity contribution is -0.135. The average Bonchev–Trinajstić information content (AvgIpc) is 2.58. The summed E-state index contributed by atoms with van der Waals surface area (Å²) in [7, 11) is 1.65. The lowest BCUT2D eigenvalue weighted by atomic mass is 9.77. The lowest BCUT2D eigenvalue weighted by Gasteiger charge is -2.42. The van der Waals surface area contributed by atoms with E-state index in [0.717, 1.165) is 25.7 Å². The van der Waals surface area contributed by atoms with Crippen LogP contribution in [0.4, 0.5) is 0 Å². The van der Waals surface area contributed by atoms with Crippen LogP contribution in [-0.2, 0) is 16.0 Å². The largest absolute Gasteiger partial charge is 0.396 e. The van der Waals surface area contributed by atoms with E-state index in [1.165, 1.54) is 0 Å². The van der Waals surface area contributed by atoms with E-state index in [9.17, 15) is 19.5 Å². The van der Waals surface area contributed by atoms with Crippen LogP contribution < -0.4 is 11.2 Å².